The van der Waals surface area contributed by atoms with E-state index in [1.54, 1.807) is 21.7 Å². The van der Waals surface area contributed by atoms with Gasteiger partial charge < -0.3 is 9.88 Å². The number of aryl methyl sites for hydroxylation is 1. The van der Waals surface area contributed by atoms with Crippen LogP contribution >= 0.6 is 0 Å². The van der Waals surface area contributed by atoms with Crippen LogP contribution in [0.15, 0.2) is 35.5 Å². The summed E-state index contributed by atoms with van der Waals surface area (Å²) in [6.45, 7) is 3.14. The van der Waals surface area contributed by atoms with E-state index < -0.39 is 0 Å². The lowest BCUT2D eigenvalue weighted by Gasteiger charge is -2.35. The summed E-state index contributed by atoms with van der Waals surface area (Å²) in [5, 5.41) is 8.52. The molecule has 0 aromatic carbocycles. The van der Waals surface area contributed by atoms with E-state index >= 15 is 0 Å². The number of fused-ring (bicyclic) bond motifs is 1. The highest BCUT2D eigenvalue weighted by Gasteiger charge is 2.29. The fourth-order valence-corrected chi connectivity index (χ4v) is 3.46. The molecule has 1 amide bonds. The molecule has 0 radical (unpaired) electrons. The summed E-state index contributed by atoms with van der Waals surface area (Å²) >= 11 is 0. The summed E-state index contributed by atoms with van der Waals surface area (Å²) < 4.78 is 3.39. The monoisotopic (exact) mass is 340 g/mol. The topological polar surface area (TPSA) is 88.3 Å². The molecule has 1 aliphatic heterocycles. The van der Waals surface area contributed by atoms with E-state index in [2.05, 4.69) is 15.2 Å². The van der Waals surface area contributed by atoms with E-state index in [0.29, 0.717) is 18.7 Å². The zero-order valence-corrected chi connectivity index (χ0v) is 14.1. The maximum Gasteiger partial charge on any atom is 0.264 e. The van der Waals surface area contributed by atoms with Crippen molar-refractivity contribution in [2.45, 2.75) is 38.8 Å². The predicted octanol–water partition coefficient (Wildman–Crippen LogP) is 1.22. The number of rotatable bonds is 3. The van der Waals surface area contributed by atoms with Gasteiger partial charge >= 0.3 is 0 Å². The summed E-state index contributed by atoms with van der Waals surface area (Å²) in [7, 11) is 0. The second-order valence-corrected chi connectivity index (χ2v) is 6.49. The predicted molar refractivity (Wildman–Crippen MR) is 91.5 cm³/mol. The van der Waals surface area contributed by atoms with Crippen molar-refractivity contribution in [3.63, 3.8) is 0 Å². The average Bonchev–Trinajstić information content (AvgIpc) is 3.22. The number of carbonyl (C=O) groups is 1. The minimum atomic E-state index is -0.374. The molecule has 4 rings (SSSR count). The Morgan fingerprint density at radius 1 is 1.40 bits per heavy atom. The molecule has 130 valence electrons. The molecule has 3 aromatic heterocycles. The van der Waals surface area contributed by atoms with Crippen LogP contribution < -0.4 is 5.56 Å². The van der Waals surface area contributed by atoms with Gasteiger partial charge in [0.2, 0.25) is 0 Å². The third kappa shape index (κ3) is 2.95. The molecule has 0 spiro atoms. The first-order valence-electron chi connectivity index (χ1n) is 8.49. The number of carbonyl (C=O) groups excluding carboxylic acids is 1. The van der Waals surface area contributed by atoms with Crippen LogP contribution in [0.4, 0.5) is 0 Å². The highest BCUT2D eigenvalue weighted by molar-refractivity contribution is 5.94. The lowest BCUT2D eigenvalue weighted by molar-refractivity contribution is 0.0581. The number of aromatic nitrogens is 5. The number of nitrogens with one attached hydrogen (secondary N) is 1. The van der Waals surface area contributed by atoms with Gasteiger partial charge in [0.25, 0.3) is 11.5 Å². The fraction of sp³-hybridized carbons (Fsp3) is 0.412. The van der Waals surface area contributed by atoms with E-state index in [9.17, 15) is 9.59 Å². The quantitative estimate of drug-likeness (QED) is 0.776. The molecule has 8 nitrogen and oxygen atoms in total. The number of hydrogen-bond acceptors (Lipinski definition) is 4. The third-order valence-electron chi connectivity index (χ3n) is 4.67. The molecular weight excluding hydrogens is 320 g/mol. The molecule has 1 saturated heterocycles. The molecular formula is C17H20N6O2. The van der Waals surface area contributed by atoms with Crippen LogP contribution in [0.1, 0.15) is 35.3 Å². The Balaban J connectivity index is 1.65. The lowest BCUT2D eigenvalue weighted by atomic mass is 10.0. The van der Waals surface area contributed by atoms with Crippen LogP contribution in [-0.2, 0) is 6.54 Å². The third-order valence-corrected chi connectivity index (χ3v) is 4.67. The summed E-state index contributed by atoms with van der Waals surface area (Å²) in [4.78, 5) is 30.0. The Bertz CT molecular complexity index is 955. The molecule has 4 heterocycles. The van der Waals surface area contributed by atoms with E-state index in [0.717, 1.165) is 25.0 Å². The van der Waals surface area contributed by atoms with Crippen molar-refractivity contribution >= 4 is 11.6 Å². The normalized spacial score (nSPS) is 18.0. The van der Waals surface area contributed by atoms with Crippen LogP contribution in [0.2, 0.25) is 0 Å². The van der Waals surface area contributed by atoms with Crippen molar-refractivity contribution in [1.82, 2.24) is 29.3 Å². The molecule has 1 N–H and O–H groups in total. The first kappa shape index (κ1) is 15.6. The smallest absolute Gasteiger partial charge is 0.264 e. The van der Waals surface area contributed by atoms with Gasteiger partial charge in [-0.3, -0.25) is 14.3 Å². The van der Waals surface area contributed by atoms with Crippen LogP contribution in [-0.4, -0.2) is 47.8 Å². The summed E-state index contributed by atoms with van der Waals surface area (Å²) in [5.41, 5.74) is 1.13. The number of H-pyrrole nitrogens is 1. The molecule has 1 atom stereocenters. The van der Waals surface area contributed by atoms with Crippen molar-refractivity contribution in [1.29, 1.82) is 0 Å². The zero-order chi connectivity index (χ0) is 17.4. The van der Waals surface area contributed by atoms with Crippen molar-refractivity contribution in [3.05, 3.63) is 52.3 Å². The van der Waals surface area contributed by atoms with Crippen molar-refractivity contribution in [2.24, 2.45) is 0 Å². The number of hydrogen-bond donors (Lipinski definition) is 1. The maximum atomic E-state index is 13.0. The number of nitrogens with zero attached hydrogens (tertiary/aromatic N) is 5. The van der Waals surface area contributed by atoms with Crippen molar-refractivity contribution < 1.29 is 4.79 Å². The van der Waals surface area contributed by atoms with E-state index in [1.165, 1.54) is 6.20 Å². The highest BCUT2D eigenvalue weighted by Crippen LogP contribution is 2.20. The zero-order valence-electron chi connectivity index (χ0n) is 14.1. The van der Waals surface area contributed by atoms with Crippen molar-refractivity contribution in [3.8, 4) is 0 Å². The molecule has 0 bridgehead atoms. The molecule has 1 fully saturated rings. The first-order chi connectivity index (χ1) is 12.1. The highest BCUT2D eigenvalue weighted by atomic mass is 16.2. The number of likely N-dealkylation sites (tertiary alicyclic amines) is 1. The van der Waals surface area contributed by atoms with E-state index in [1.807, 2.05) is 23.9 Å². The van der Waals surface area contributed by atoms with Crippen LogP contribution in [0, 0.1) is 6.92 Å². The Morgan fingerprint density at radius 2 is 2.28 bits per heavy atom. The Hall–Kier alpha value is -2.90. The van der Waals surface area contributed by atoms with Gasteiger partial charge in [0, 0.05) is 31.2 Å². The summed E-state index contributed by atoms with van der Waals surface area (Å²) in [6, 6.07) is 3.68. The van der Waals surface area contributed by atoms with Gasteiger partial charge in [-0.15, -0.1) is 0 Å². The largest absolute Gasteiger partial charge is 0.334 e. The average molecular weight is 340 g/mol. The van der Waals surface area contributed by atoms with Gasteiger partial charge in [0.05, 0.1) is 18.3 Å². The number of aromatic amines is 1. The van der Waals surface area contributed by atoms with E-state index in [4.69, 9.17) is 0 Å². The van der Waals surface area contributed by atoms with Crippen LogP contribution in [0.25, 0.3) is 5.65 Å². The Kier molecular flexibility index (Phi) is 3.87. The fourth-order valence-electron chi connectivity index (χ4n) is 3.46. The van der Waals surface area contributed by atoms with Gasteiger partial charge in [-0.2, -0.15) is 10.2 Å². The Morgan fingerprint density at radius 3 is 3.08 bits per heavy atom. The summed E-state index contributed by atoms with van der Waals surface area (Å²) in [6.07, 6.45) is 8.08. The molecule has 25 heavy (non-hydrogen) atoms. The minimum absolute atomic E-state index is 0.0376. The Labute approximate surface area is 144 Å². The standard InChI is InChI=1S/C17H20N6O2/c1-12-9-15-19-16(24)14(11-23(15)20-12)17(25)22-8-3-2-5-13(22)10-21-7-4-6-18-21/h4,6-7,9,11,13H,2-3,5,8,10H2,1H3,(H,19,24). The van der Waals surface area contributed by atoms with Crippen molar-refractivity contribution in [2.75, 3.05) is 6.54 Å². The van der Waals surface area contributed by atoms with Crippen LogP contribution in [0.5, 0.6) is 0 Å². The molecule has 3 aromatic rings. The van der Waals surface area contributed by atoms with Gasteiger partial charge in [0.1, 0.15) is 11.2 Å². The second-order valence-electron chi connectivity index (χ2n) is 6.49. The van der Waals surface area contributed by atoms with E-state index in [-0.39, 0.29) is 23.1 Å². The molecule has 1 aliphatic rings. The second kappa shape index (κ2) is 6.19. The first-order valence-corrected chi connectivity index (χ1v) is 8.49. The van der Waals surface area contributed by atoms with Crippen LogP contribution in [0.3, 0.4) is 0 Å². The minimum Gasteiger partial charge on any atom is -0.334 e. The number of amides is 1. The van der Waals surface area contributed by atoms with Gasteiger partial charge in [0.15, 0.2) is 0 Å². The van der Waals surface area contributed by atoms with Gasteiger partial charge in [-0.1, -0.05) is 0 Å². The van der Waals surface area contributed by atoms with Gasteiger partial charge in [-0.05, 0) is 32.3 Å². The molecule has 0 aliphatic carbocycles. The van der Waals surface area contributed by atoms with Gasteiger partial charge in [-0.25, -0.2) is 4.52 Å². The lowest BCUT2D eigenvalue weighted by Crippen LogP contribution is -2.47. The number of piperidine rings is 1. The molecule has 8 heteroatoms. The maximum absolute atomic E-state index is 13.0. The molecule has 1 unspecified atom stereocenters. The summed E-state index contributed by atoms with van der Waals surface area (Å²) in [5.74, 6) is -0.242. The SMILES string of the molecule is Cc1cc2[nH]c(=O)c(C(=O)N3CCCCC3Cn3cccn3)cn2n1. The molecule has 0 saturated carbocycles.